The summed E-state index contributed by atoms with van der Waals surface area (Å²) < 4.78 is 24.8. The van der Waals surface area contributed by atoms with Gasteiger partial charge < -0.3 is 11.1 Å². The lowest BCUT2D eigenvalue weighted by molar-refractivity contribution is -0.134. The van der Waals surface area contributed by atoms with Gasteiger partial charge in [0.2, 0.25) is 28.6 Å². The quantitative estimate of drug-likeness (QED) is 0.490. The van der Waals surface area contributed by atoms with E-state index in [1.807, 2.05) is 0 Å². The van der Waals surface area contributed by atoms with E-state index in [1.165, 1.54) is 0 Å². The highest BCUT2D eigenvalue weighted by Gasteiger charge is 2.40. The van der Waals surface area contributed by atoms with Crippen LogP contribution in [-0.2, 0) is 34.8 Å². The average molecular weight is 352 g/mol. The molecule has 3 N–H and O–H groups in total. The Morgan fingerprint density at radius 3 is 2.17 bits per heavy atom. The van der Waals surface area contributed by atoms with Crippen LogP contribution in [0.3, 0.4) is 0 Å². The zero-order valence-corrected chi connectivity index (χ0v) is 13.4. The van der Waals surface area contributed by atoms with Crippen LogP contribution in [0.25, 0.3) is 0 Å². The van der Waals surface area contributed by atoms with E-state index in [-0.39, 0.29) is 12.8 Å². The number of ketones is 2. The van der Waals surface area contributed by atoms with Gasteiger partial charge in [0.05, 0.1) is 5.75 Å². The minimum Gasteiger partial charge on any atom is -0.368 e. The maximum Gasteiger partial charge on any atom is 0.248 e. The van der Waals surface area contributed by atoms with E-state index in [0.717, 1.165) is 0 Å². The van der Waals surface area contributed by atoms with Crippen LogP contribution >= 0.6 is 0 Å². The fourth-order valence-corrected chi connectivity index (χ4v) is 4.06. The summed E-state index contributed by atoms with van der Waals surface area (Å²) in [6.45, 7) is 0. The fourth-order valence-electron chi connectivity index (χ4n) is 2.49. The third kappa shape index (κ3) is 4.05. The normalized spacial score (nSPS) is 16.8. The molecule has 8 nitrogen and oxygen atoms in total. The van der Waals surface area contributed by atoms with Crippen LogP contribution in [0.5, 0.6) is 0 Å². The van der Waals surface area contributed by atoms with Crippen LogP contribution in [0, 0.1) is 0 Å². The predicted molar refractivity (Wildman–Crippen MR) is 83.2 cm³/mol. The predicted octanol–water partition coefficient (Wildman–Crippen LogP) is -1.13. The summed E-state index contributed by atoms with van der Waals surface area (Å²) in [5.74, 6) is -4.23. The smallest absolute Gasteiger partial charge is 0.248 e. The van der Waals surface area contributed by atoms with E-state index < -0.39 is 50.3 Å². The van der Waals surface area contributed by atoms with Gasteiger partial charge in [-0.15, -0.1) is 0 Å². The fraction of sp³-hybridized carbons (Fsp3) is 0.333. The van der Waals surface area contributed by atoms with Gasteiger partial charge >= 0.3 is 0 Å². The third-order valence-corrected chi connectivity index (χ3v) is 5.49. The molecule has 1 atom stereocenters. The molecule has 2 rings (SSSR count). The molecule has 0 spiro atoms. The summed E-state index contributed by atoms with van der Waals surface area (Å²) in [5.41, 5.74) is 5.50. The van der Waals surface area contributed by atoms with Crippen LogP contribution in [-0.4, -0.2) is 43.1 Å². The summed E-state index contributed by atoms with van der Waals surface area (Å²) in [6, 6.07) is 7.22. The highest BCUT2D eigenvalue weighted by Crippen LogP contribution is 2.15. The molecule has 0 aromatic heterocycles. The van der Waals surface area contributed by atoms with E-state index >= 15 is 0 Å². The lowest BCUT2D eigenvalue weighted by Gasteiger charge is -2.17. The lowest BCUT2D eigenvalue weighted by Crippen LogP contribution is -2.50. The van der Waals surface area contributed by atoms with Gasteiger partial charge in [-0.2, -0.15) is 0 Å². The number of amides is 2. The number of hydrogen-bond acceptors (Lipinski definition) is 6. The number of rotatable bonds is 6. The van der Waals surface area contributed by atoms with Crippen LogP contribution in [0.1, 0.15) is 18.4 Å². The molecule has 1 aromatic carbocycles. The van der Waals surface area contributed by atoms with Gasteiger partial charge in [0.1, 0.15) is 0 Å². The maximum atomic E-state index is 12.4. The van der Waals surface area contributed by atoms with E-state index in [9.17, 15) is 27.6 Å². The number of carbonyl (C=O) groups is 4. The Balaban J connectivity index is 2.16. The SMILES string of the molecule is NC(=O)[C@H](C(=O)NC1CC(=O)C(=O)C1)S(=O)(=O)Cc1ccccc1. The molecule has 2 amide bonds. The van der Waals surface area contributed by atoms with Gasteiger partial charge in [0.25, 0.3) is 0 Å². The molecule has 0 heterocycles. The van der Waals surface area contributed by atoms with Crippen molar-refractivity contribution in [3.05, 3.63) is 35.9 Å². The molecule has 0 radical (unpaired) electrons. The van der Waals surface area contributed by atoms with E-state index in [1.54, 1.807) is 30.3 Å². The van der Waals surface area contributed by atoms with Crippen LogP contribution in [0.4, 0.5) is 0 Å². The van der Waals surface area contributed by atoms with Crippen molar-refractivity contribution in [2.45, 2.75) is 29.9 Å². The van der Waals surface area contributed by atoms with Crippen molar-refractivity contribution in [1.29, 1.82) is 0 Å². The number of nitrogens with two attached hydrogens (primary N) is 1. The zero-order chi connectivity index (χ0) is 17.9. The second-order valence-electron chi connectivity index (χ2n) is 5.54. The van der Waals surface area contributed by atoms with Gasteiger partial charge in [0.15, 0.2) is 9.84 Å². The topological polar surface area (TPSA) is 140 Å². The number of hydrogen-bond donors (Lipinski definition) is 2. The number of primary amides is 1. The Morgan fingerprint density at radius 1 is 1.12 bits per heavy atom. The van der Waals surface area contributed by atoms with E-state index in [2.05, 4.69) is 5.32 Å². The Bertz CT molecular complexity index is 771. The molecule has 1 saturated carbocycles. The number of Topliss-reactive ketones (excluding diaryl/α,β-unsaturated/α-hetero) is 2. The molecule has 9 heteroatoms. The first-order chi connectivity index (χ1) is 11.2. The molecule has 0 saturated heterocycles. The molecule has 0 aliphatic heterocycles. The number of nitrogens with one attached hydrogen (secondary N) is 1. The first-order valence-corrected chi connectivity index (χ1v) is 8.83. The zero-order valence-electron chi connectivity index (χ0n) is 12.6. The van der Waals surface area contributed by atoms with Crippen molar-refractivity contribution in [2.75, 3.05) is 0 Å². The van der Waals surface area contributed by atoms with Crippen LogP contribution in [0.2, 0.25) is 0 Å². The van der Waals surface area contributed by atoms with Gasteiger partial charge in [-0.25, -0.2) is 8.42 Å². The van der Waals surface area contributed by atoms with Crippen molar-refractivity contribution in [2.24, 2.45) is 5.73 Å². The first kappa shape index (κ1) is 17.8. The second-order valence-corrected chi connectivity index (χ2v) is 7.62. The summed E-state index contributed by atoms with van der Waals surface area (Å²) in [7, 11) is -4.20. The molecular formula is C15H16N2O6S. The molecule has 128 valence electrons. The Morgan fingerprint density at radius 2 is 1.67 bits per heavy atom. The minimum absolute atomic E-state index is 0.214. The summed E-state index contributed by atoms with van der Waals surface area (Å²) in [4.78, 5) is 46.1. The molecule has 0 bridgehead atoms. The molecular weight excluding hydrogens is 336 g/mol. The largest absolute Gasteiger partial charge is 0.368 e. The van der Waals surface area contributed by atoms with Gasteiger partial charge in [-0.3, -0.25) is 19.2 Å². The maximum absolute atomic E-state index is 12.4. The van der Waals surface area contributed by atoms with Gasteiger partial charge in [-0.05, 0) is 5.56 Å². The summed E-state index contributed by atoms with van der Waals surface area (Å²) in [6.07, 6.45) is -0.427. The van der Waals surface area contributed by atoms with Crippen molar-refractivity contribution < 1.29 is 27.6 Å². The standard InChI is InChI=1S/C15H16N2O6S/c16-14(20)13(15(21)17-10-6-11(18)12(19)7-10)24(22,23)8-9-4-2-1-3-5-9/h1-5,10,13H,6-8H2,(H2,16,20)(H,17,21)/t13-/m1/s1. The number of sulfone groups is 1. The number of benzene rings is 1. The Hall–Kier alpha value is -2.55. The van der Waals surface area contributed by atoms with Crippen LogP contribution in [0.15, 0.2) is 30.3 Å². The molecule has 1 fully saturated rings. The lowest BCUT2D eigenvalue weighted by atomic mass is 10.2. The monoisotopic (exact) mass is 352 g/mol. The minimum atomic E-state index is -4.20. The highest BCUT2D eigenvalue weighted by atomic mass is 32.2. The van der Waals surface area contributed by atoms with Gasteiger partial charge in [0, 0.05) is 18.9 Å². The summed E-state index contributed by atoms with van der Waals surface area (Å²) in [5, 5.41) is 0.172. The Labute approximate surface area is 138 Å². The number of carbonyl (C=O) groups excluding carboxylic acids is 4. The Kier molecular flexibility index (Phi) is 5.13. The van der Waals surface area contributed by atoms with Crippen molar-refractivity contribution in [1.82, 2.24) is 5.32 Å². The van der Waals surface area contributed by atoms with Crippen molar-refractivity contribution >= 4 is 33.2 Å². The van der Waals surface area contributed by atoms with Crippen molar-refractivity contribution in [3.63, 3.8) is 0 Å². The molecule has 0 unspecified atom stereocenters. The van der Waals surface area contributed by atoms with Crippen LogP contribution < -0.4 is 11.1 Å². The molecule has 1 aliphatic carbocycles. The van der Waals surface area contributed by atoms with Crippen molar-refractivity contribution in [3.8, 4) is 0 Å². The molecule has 1 aliphatic rings. The third-order valence-electron chi connectivity index (χ3n) is 3.59. The average Bonchev–Trinajstić information content (AvgIpc) is 2.76. The molecule has 24 heavy (non-hydrogen) atoms. The van der Waals surface area contributed by atoms with E-state index in [4.69, 9.17) is 5.73 Å². The van der Waals surface area contributed by atoms with E-state index in [0.29, 0.717) is 5.56 Å². The van der Waals surface area contributed by atoms with Gasteiger partial charge in [-0.1, -0.05) is 30.3 Å². The highest BCUT2D eigenvalue weighted by molar-refractivity contribution is 7.92. The second kappa shape index (κ2) is 6.91. The first-order valence-electron chi connectivity index (χ1n) is 7.12. The summed E-state index contributed by atoms with van der Waals surface area (Å²) >= 11 is 0. The molecule has 1 aromatic rings.